The second-order valence-electron chi connectivity index (χ2n) is 8.24. The number of ketones is 1. The number of benzene rings is 1. The third-order valence-corrected chi connectivity index (χ3v) is 7.11. The Hall–Kier alpha value is -2.07. The summed E-state index contributed by atoms with van der Waals surface area (Å²) >= 11 is 0. The first-order valence-corrected chi connectivity index (χ1v) is 9.61. The number of fused-ring (bicyclic) bond motifs is 8. The normalized spacial score (nSPS) is 30.8. The molecular weight excluding hydrogens is 324 g/mol. The molecule has 0 saturated carbocycles. The third kappa shape index (κ3) is 1.96. The fourth-order valence-corrected chi connectivity index (χ4v) is 5.95. The van der Waals surface area contributed by atoms with Crippen molar-refractivity contribution in [2.24, 2.45) is 18.9 Å². The molecule has 26 heavy (non-hydrogen) atoms. The van der Waals surface area contributed by atoms with Gasteiger partial charge in [-0.25, -0.2) is 0 Å². The van der Waals surface area contributed by atoms with Gasteiger partial charge in [-0.15, -0.1) is 0 Å². The van der Waals surface area contributed by atoms with E-state index in [9.17, 15) is 4.79 Å². The number of para-hydroxylation sites is 1. The quantitative estimate of drug-likeness (QED) is 0.788. The lowest BCUT2D eigenvalue weighted by Crippen LogP contribution is -2.56. The molecule has 4 atom stereocenters. The highest BCUT2D eigenvalue weighted by Gasteiger charge is 2.50. The summed E-state index contributed by atoms with van der Waals surface area (Å²) in [4.78, 5) is 14.9. The molecule has 0 amide bonds. The Morgan fingerprint density at radius 3 is 2.77 bits per heavy atom. The minimum atomic E-state index is 0.178. The van der Waals surface area contributed by atoms with Crippen LogP contribution in [0, 0.1) is 11.8 Å². The molecule has 1 fully saturated rings. The van der Waals surface area contributed by atoms with Gasteiger partial charge in [-0.2, -0.15) is 0 Å². The van der Waals surface area contributed by atoms with Crippen LogP contribution in [-0.2, 0) is 23.0 Å². The van der Waals surface area contributed by atoms with Crippen molar-refractivity contribution in [3.05, 3.63) is 46.9 Å². The van der Waals surface area contributed by atoms with Gasteiger partial charge in [-0.3, -0.25) is 9.69 Å². The number of ether oxygens (including phenoxy) is 1. The SMILES string of the molecule is CC(=O)C1=C(C)OC[C@@H]2[C@H]1C[C@H]1c3c(c4ccccc4n3C)C[C@@H]2N1C. The maximum absolute atomic E-state index is 12.4. The van der Waals surface area contributed by atoms with E-state index in [0.29, 0.717) is 23.9 Å². The van der Waals surface area contributed by atoms with Crippen molar-refractivity contribution < 1.29 is 9.53 Å². The molecule has 0 aliphatic carbocycles. The van der Waals surface area contributed by atoms with Crippen LogP contribution in [0.1, 0.15) is 37.6 Å². The number of hydrogen-bond donors (Lipinski definition) is 0. The molecule has 0 unspecified atom stereocenters. The lowest BCUT2D eigenvalue weighted by molar-refractivity contribution is -0.116. The summed E-state index contributed by atoms with van der Waals surface area (Å²) in [5.74, 6) is 1.74. The lowest BCUT2D eigenvalue weighted by Gasteiger charge is -2.53. The maximum atomic E-state index is 12.4. The molecule has 1 saturated heterocycles. The third-order valence-electron chi connectivity index (χ3n) is 7.11. The van der Waals surface area contributed by atoms with E-state index in [1.165, 1.54) is 22.2 Å². The average molecular weight is 350 g/mol. The van der Waals surface area contributed by atoms with E-state index in [-0.39, 0.29) is 5.78 Å². The summed E-state index contributed by atoms with van der Waals surface area (Å²) in [7, 11) is 4.45. The first kappa shape index (κ1) is 16.1. The van der Waals surface area contributed by atoms with E-state index in [4.69, 9.17) is 4.74 Å². The number of piperidine rings is 1. The van der Waals surface area contributed by atoms with Crippen LogP contribution in [0.4, 0.5) is 0 Å². The number of carbonyl (C=O) groups is 1. The fraction of sp³-hybridized carbons (Fsp3) is 0.500. The number of carbonyl (C=O) groups excluding carboxylic acids is 1. The van der Waals surface area contributed by atoms with Crippen LogP contribution in [0.5, 0.6) is 0 Å². The second kappa shape index (κ2) is 5.46. The Labute approximate surface area is 154 Å². The molecule has 1 aromatic carbocycles. The average Bonchev–Trinajstić information content (AvgIpc) is 2.88. The van der Waals surface area contributed by atoms with E-state index >= 15 is 0 Å². The van der Waals surface area contributed by atoms with Crippen molar-refractivity contribution in [2.45, 2.75) is 38.8 Å². The summed E-state index contributed by atoms with van der Waals surface area (Å²) in [5.41, 5.74) is 5.20. The highest BCUT2D eigenvalue weighted by atomic mass is 16.5. The molecule has 4 heterocycles. The van der Waals surface area contributed by atoms with Crippen LogP contribution in [0.3, 0.4) is 0 Å². The first-order chi connectivity index (χ1) is 12.5. The molecule has 4 nitrogen and oxygen atoms in total. The van der Waals surface area contributed by atoms with Crippen LogP contribution >= 0.6 is 0 Å². The summed E-state index contributed by atoms with van der Waals surface area (Å²) in [6.07, 6.45) is 2.04. The molecule has 5 rings (SSSR count). The molecule has 0 N–H and O–H groups in total. The predicted octanol–water partition coefficient (Wildman–Crippen LogP) is 3.61. The Balaban J connectivity index is 1.69. The Bertz CT molecular complexity index is 954. The van der Waals surface area contributed by atoms with Crippen LogP contribution < -0.4 is 0 Å². The van der Waals surface area contributed by atoms with Gasteiger partial charge in [0.15, 0.2) is 5.78 Å². The summed E-state index contributed by atoms with van der Waals surface area (Å²) < 4.78 is 8.35. The largest absolute Gasteiger partial charge is 0.497 e. The number of allylic oxidation sites excluding steroid dienone is 2. The molecule has 1 aromatic heterocycles. The Morgan fingerprint density at radius 1 is 1.23 bits per heavy atom. The predicted molar refractivity (Wildman–Crippen MR) is 102 cm³/mol. The molecule has 0 spiro atoms. The van der Waals surface area contributed by atoms with Gasteiger partial charge in [0.2, 0.25) is 0 Å². The maximum Gasteiger partial charge on any atom is 0.159 e. The summed E-state index contributed by atoms with van der Waals surface area (Å²) in [6.45, 7) is 4.39. The summed E-state index contributed by atoms with van der Waals surface area (Å²) in [5, 5.41) is 1.39. The molecule has 4 heteroatoms. The topological polar surface area (TPSA) is 34.5 Å². The van der Waals surface area contributed by atoms with Gasteiger partial charge < -0.3 is 9.30 Å². The van der Waals surface area contributed by atoms with Crippen molar-refractivity contribution in [3.63, 3.8) is 0 Å². The van der Waals surface area contributed by atoms with Crippen molar-refractivity contribution in [3.8, 4) is 0 Å². The van der Waals surface area contributed by atoms with Gasteiger partial charge in [0, 0.05) is 47.1 Å². The van der Waals surface area contributed by atoms with Crippen LogP contribution in [-0.4, -0.2) is 34.9 Å². The van der Waals surface area contributed by atoms with Crippen molar-refractivity contribution in [2.75, 3.05) is 13.7 Å². The number of nitrogens with zero attached hydrogens (tertiary/aromatic N) is 2. The molecule has 2 bridgehead atoms. The minimum absolute atomic E-state index is 0.178. The Morgan fingerprint density at radius 2 is 2.00 bits per heavy atom. The summed E-state index contributed by atoms with van der Waals surface area (Å²) in [6, 6.07) is 9.54. The first-order valence-electron chi connectivity index (χ1n) is 9.61. The van der Waals surface area contributed by atoms with Gasteiger partial charge in [0.1, 0.15) is 0 Å². The zero-order chi connectivity index (χ0) is 18.2. The number of aromatic nitrogens is 1. The van der Waals surface area contributed by atoms with Crippen LogP contribution in [0.25, 0.3) is 10.9 Å². The zero-order valence-electron chi connectivity index (χ0n) is 16.0. The number of Topliss-reactive ketones (excluding diaryl/α,β-unsaturated/α-hetero) is 1. The number of likely N-dealkylation sites (N-methyl/N-ethyl adjacent to an activating group) is 1. The smallest absolute Gasteiger partial charge is 0.159 e. The van der Waals surface area contributed by atoms with Crippen molar-refractivity contribution in [1.29, 1.82) is 0 Å². The molecule has 136 valence electrons. The highest BCUT2D eigenvalue weighted by Crippen LogP contribution is 2.51. The minimum Gasteiger partial charge on any atom is -0.497 e. The van der Waals surface area contributed by atoms with Gasteiger partial charge in [-0.1, -0.05) is 18.2 Å². The van der Waals surface area contributed by atoms with Crippen LogP contribution in [0.2, 0.25) is 0 Å². The second-order valence-corrected chi connectivity index (χ2v) is 8.24. The Kier molecular flexibility index (Phi) is 3.39. The van der Waals surface area contributed by atoms with Gasteiger partial charge in [0.25, 0.3) is 0 Å². The zero-order valence-corrected chi connectivity index (χ0v) is 16.0. The standard InChI is InChI=1S/C22H26N2O2/c1-12(25)21-13(2)26-11-17-15(21)9-20-22-16(10-19(17)23(20)3)14-7-5-6-8-18(14)24(22)4/h5-8,15,17,19-20H,9-11H2,1-4H3/t15-,17-,19+,20+/m1/s1. The van der Waals surface area contributed by atoms with Crippen molar-refractivity contribution in [1.82, 2.24) is 9.47 Å². The van der Waals surface area contributed by atoms with Gasteiger partial charge >= 0.3 is 0 Å². The molecule has 3 aliphatic rings. The van der Waals surface area contributed by atoms with E-state index < -0.39 is 0 Å². The van der Waals surface area contributed by atoms with Gasteiger partial charge in [-0.05, 0) is 45.4 Å². The van der Waals surface area contributed by atoms with Crippen molar-refractivity contribution >= 4 is 16.7 Å². The lowest BCUT2D eigenvalue weighted by atomic mass is 9.66. The molecule has 2 aromatic rings. The van der Waals surface area contributed by atoms with E-state index in [2.05, 4.69) is 47.8 Å². The van der Waals surface area contributed by atoms with Gasteiger partial charge in [0.05, 0.1) is 18.4 Å². The monoisotopic (exact) mass is 350 g/mol. The molecular formula is C22H26N2O2. The number of aryl methyl sites for hydroxylation is 1. The molecule has 0 radical (unpaired) electrons. The molecule has 3 aliphatic heterocycles. The van der Waals surface area contributed by atoms with E-state index in [1.807, 2.05) is 6.92 Å². The van der Waals surface area contributed by atoms with E-state index in [0.717, 1.165) is 30.8 Å². The van der Waals surface area contributed by atoms with E-state index in [1.54, 1.807) is 6.92 Å². The number of rotatable bonds is 1. The number of hydrogen-bond acceptors (Lipinski definition) is 3. The fourth-order valence-electron chi connectivity index (χ4n) is 5.95. The van der Waals surface area contributed by atoms with Crippen LogP contribution in [0.15, 0.2) is 35.6 Å². The highest BCUT2D eigenvalue weighted by molar-refractivity contribution is 5.94.